The van der Waals surface area contributed by atoms with Crippen molar-refractivity contribution in [2.75, 3.05) is 0 Å². The Labute approximate surface area is 109 Å². The van der Waals surface area contributed by atoms with E-state index in [9.17, 15) is 5.11 Å². The molecule has 0 fully saturated rings. The van der Waals surface area contributed by atoms with Crippen LogP contribution in [0.25, 0.3) is 32.6 Å². The molecule has 0 saturated carbocycles. The Kier molecular flexibility index (Phi) is 1.90. The third-order valence-corrected chi connectivity index (χ3v) is 3.55. The number of nitrogens with one attached hydrogen (secondary N) is 1. The number of phenolic OH excluding ortho intramolecular Hbond substituents is 1. The van der Waals surface area contributed by atoms with Crippen molar-refractivity contribution >= 4 is 32.6 Å². The molecule has 0 atom stereocenters. The molecule has 0 unspecified atom stereocenters. The smallest absolute Gasteiger partial charge is 0.116 e. The summed E-state index contributed by atoms with van der Waals surface area (Å²) in [6, 6.07) is 13.7. The average molecular weight is 248 g/mol. The molecule has 0 radical (unpaired) electrons. The maximum absolute atomic E-state index is 9.74. The molecule has 2 N–H and O–H groups in total. The van der Waals surface area contributed by atoms with Crippen molar-refractivity contribution in [3.8, 4) is 5.75 Å². The number of nitrogens with zero attached hydrogens (tertiary/aromatic N) is 1. The van der Waals surface area contributed by atoms with Crippen LogP contribution < -0.4 is 0 Å². The summed E-state index contributed by atoms with van der Waals surface area (Å²) in [5, 5.41) is 14.1. The molecule has 0 aliphatic heterocycles. The van der Waals surface area contributed by atoms with Gasteiger partial charge in [-0.1, -0.05) is 24.3 Å². The Balaban J connectivity index is 2.35. The number of aryl methyl sites for hydroxylation is 1. The monoisotopic (exact) mass is 248 g/mol. The number of hydrogen-bond acceptors (Lipinski definition) is 2. The largest absolute Gasteiger partial charge is 0.508 e. The van der Waals surface area contributed by atoms with Crippen LogP contribution in [0, 0.1) is 6.92 Å². The van der Waals surface area contributed by atoms with Crippen LogP contribution in [0.15, 0.2) is 42.5 Å². The standard InChI is InChI=1S/C16H12N2O/c1-9-17-14-7-5-11-3-2-10-4-6-12(19)8-13(10)15(11)16(14)18-9/h2-8,19H,1H3,(H,17,18). The Hall–Kier alpha value is -2.55. The van der Waals surface area contributed by atoms with Crippen LogP contribution in [0.5, 0.6) is 5.75 Å². The number of rotatable bonds is 0. The zero-order chi connectivity index (χ0) is 13.0. The minimum atomic E-state index is 0.282. The highest BCUT2D eigenvalue weighted by molar-refractivity contribution is 6.18. The summed E-state index contributed by atoms with van der Waals surface area (Å²) in [5.41, 5.74) is 1.99. The van der Waals surface area contributed by atoms with Gasteiger partial charge < -0.3 is 10.1 Å². The van der Waals surface area contributed by atoms with Crippen molar-refractivity contribution in [2.24, 2.45) is 0 Å². The third-order valence-electron chi connectivity index (χ3n) is 3.55. The second-order valence-electron chi connectivity index (χ2n) is 4.85. The van der Waals surface area contributed by atoms with Gasteiger partial charge in [0.2, 0.25) is 0 Å². The predicted molar refractivity (Wildman–Crippen MR) is 77.5 cm³/mol. The number of phenols is 1. The summed E-state index contributed by atoms with van der Waals surface area (Å²) in [7, 11) is 0. The number of imidazole rings is 1. The lowest BCUT2D eigenvalue weighted by molar-refractivity contribution is 0.476. The van der Waals surface area contributed by atoms with Crippen LogP contribution in [0.1, 0.15) is 5.82 Å². The lowest BCUT2D eigenvalue weighted by atomic mass is 10.0. The number of aromatic amines is 1. The highest BCUT2D eigenvalue weighted by Gasteiger charge is 2.08. The molecule has 3 heteroatoms. The number of H-pyrrole nitrogens is 1. The van der Waals surface area contributed by atoms with Gasteiger partial charge in [0.25, 0.3) is 0 Å². The molecule has 0 saturated heterocycles. The van der Waals surface area contributed by atoms with Crippen LogP contribution in [-0.4, -0.2) is 15.1 Å². The van der Waals surface area contributed by atoms with E-state index in [4.69, 9.17) is 0 Å². The van der Waals surface area contributed by atoms with Crippen LogP contribution in [0.4, 0.5) is 0 Å². The molecule has 3 aromatic carbocycles. The average Bonchev–Trinajstić information content (AvgIpc) is 2.78. The summed E-state index contributed by atoms with van der Waals surface area (Å²) in [6.45, 7) is 1.95. The zero-order valence-electron chi connectivity index (χ0n) is 10.4. The van der Waals surface area contributed by atoms with E-state index in [2.05, 4.69) is 28.2 Å². The van der Waals surface area contributed by atoms with Gasteiger partial charge in [-0.3, -0.25) is 0 Å². The summed E-state index contributed by atoms with van der Waals surface area (Å²) in [4.78, 5) is 7.84. The molecule has 4 aromatic rings. The van der Waals surface area contributed by atoms with Crippen LogP contribution in [0.2, 0.25) is 0 Å². The summed E-state index contributed by atoms with van der Waals surface area (Å²) < 4.78 is 0. The first-order valence-corrected chi connectivity index (χ1v) is 6.23. The third kappa shape index (κ3) is 1.41. The fourth-order valence-corrected chi connectivity index (χ4v) is 2.72. The van der Waals surface area contributed by atoms with Crippen molar-refractivity contribution < 1.29 is 5.11 Å². The molecular weight excluding hydrogens is 236 g/mol. The molecule has 0 amide bonds. The van der Waals surface area contributed by atoms with E-state index >= 15 is 0 Å². The second kappa shape index (κ2) is 3.48. The zero-order valence-corrected chi connectivity index (χ0v) is 10.4. The quantitative estimate of drug-likeness (QED) is 0.464. The van der Waals surface area contributed by atoms with Crippen LogP contribution in [0.3, 0.4) is 0 Å². The van der Waals surface area contributed by atoms with Gasteiger partial charge in [-0.15, -0.1) is 0 Å². The van der Waals surface area contributed by atoms with Gasteiger partial charge in [-0.25, -0.2) is 4.98 Å². The minimum absolute atomic E-state index is 0.282. The summed E-state index contributed by atoms with van der Waals surface area (Å²) in [5.74, 6) is 1.18. The minimum Gasteiger partial charge on any atom is -0.508 e. The molecule has 0 aliphatic rings. The van der Waals surface area contributed by atoms with Gasteiger partial charge in [0.05, 0.1) is 11.0 Å². The Bertz CT molecular complexity index is 938. The molecule has 4 rings (SSSR count). The molecule has 3 nitrogen and oxygen atoms in total. The van der Waals surface area contributed by atoms with E-state index in [1.165, 1.54) is 0 Å². The number of aromatic hydroxyl groups is 1. The second-order valence-corrected chi connectivity index (χ2v) is 4.85. The van der Waals surface area contributed by atoms with Gasteiger partial charge in [0.1, 0.15) is 11.6 Å². The Morgan fingerprint density at radius 2 is 1.74 bits per heavy atom. The normalized spacial score (nSPS) is 11.6. The Morgan fingerprint density at radius 1 is 1.00 bits per heavy atom. The van der Waals surface area contributed by atoms with Gasteiger partial charge in [-0.05, 0) is 41.3 Å². The maximum Gasteiger partial charge on any atom is 0.116 e. The number of aromatic nitrogens is 2. The highest BCUT2D eigenvalue weighted by atomic mass is 16.3. The lowest BCUT2D eigenvalue weighted by Crippen LogP contribution is -1.80. The first kappa shape index (κ1) is 10.4. The molecule has 0 bridgehead atoms. The molecule has 1 heterocycles. The van der Waals surface area contributed by atoms with Crippen molar-refractivity contribution in [1.82, 2.24) is 9.97 Å². The number of hydrogen-bond donors (Lipinski definition) is 2. The van der Waals surface area contributed by atoms with Gasteiger partial charge in [-0.2, -0.15) is 0 Å². The fraction of sp³-hybridized carbons (Fsp3) is 0.0625. The lowest BCUT2D eigenvalue weighted by Gasteiger charge is -2.05. The van der Waals surface area contributed by atoms with E-state index in [1.807, 2.05) is 19.1 Å². The fourth-order valence-electron chi connectivity index (χ4n) is 2.72. The Morgan fingerprint density at radius 3 is 2.63 bits per heavy atom. The van der Waals surface area contributed by atoms with E-state index < -0.39 is 0 Å². The molecule has 92 valence electrons. The molecule has 19 heavy (non-hydrogen) atoms. The van der Waals surface area contributed by atoms with Crippen LogP contribution >= 0.6 is 0 Å². The highest BCUT2D eigenvalue weighted by Crippen LogP contribution is 2.32. The topological polar surface area (TPSA) is 48.9 Å². The van der Waals surface area contributed by atoms with E-state index in [1.54, 1.807) is 12.1 Å². The number of fused-ring (bicyclic) bond motifs is 5. The van der Waals surface area contributed by atoms with E-state index in [0.717, 1.165) is 38.4 Å². The molecule has 1 aromatic heterocycles. The van der Waals surface area contributed by atoms with Gasteiger partial charge in [0.15, 0.2) is 0 Å². The van der Waals surface area contributed by atoms with Gasteiger partial charge >= 0.3 is 0 Å². The van der Waals surface area contributed by atoms with E-state index in [0.29, 0.717) is 0 Å². The molecule has 0 spiro atoms. The molecular formula is C16H12N2O. The van der Waals surface area contributed by atoms with Gasteiger partial charge in [0, 0.05) is 5.39 Å². The van der Waals surface area contributed by atoms with Crippen molar-refractivity contribution in [3.63, 3.8) is 0 Å². The summed E-state index contributed by atoms with van der Waals surface area (Å²) >= 11 is 0. The maximum atomic E-state index is 9.74. The predicted octanol–water partition coefficient (Wildman–Crippen LogP) is 3.88. The van der Waals surface area contributed by atoms with Crippen molar-refractivity contribution in [1.29, 1.82) is 0 Å². The summed E-state index contributed by atoms with van der Waals surface area (Å²) in [6.07, 6.45) is 0. The molecule has 0 aliphatic carbocycles. The SMILES string of the molecule is Cc1nc2c(ccc3ccc4ccc(O)cc4c32)[nH]1. The van der Waals surface area contributed by atoms with E-state index in [-0.39, 0.29) is 5.75 Å². The first-order valence-electron chi connectivity index (χ1n) is 6.23. The van der Waals surface area contributed by atoms with Crippen LogP contribution in [-0.2, 0) is 0 Å². The van der Waals surface area contributed by atoms with Crippen molar-refractivity contribution in [3.05, 3.63) is 48.3 Å². The van der Waals surface area contributed by atoms with Crippen molar-refractivity contribution in [2.45, 2.75) is 6.92 Å². The first-order chi connectivity index (χ1) is 9.22. The number of benzene rings is 3.